The van der Waals surface area contributed by atoms with Crippen LogP contribution in [-0.2, 0) is 4.79 Å². The van der Waals surface area contributed by atoms with Gasteiger partial charge in [-0.3, -0.25) is 9.59 Å². The van der Waals surface area contributed by atoms with Gasteiger partial charge < -0.3 is 19.3 Å². The molecule has 0 saturated carbocycles. The molecule has 0 aliphatic carbocycles. The van der Waals surface area contributed by atoms with Gasteiger partial charge in [0.2, 0.25) is 5.91 Å². The van der Waals surface area contributed by atoms with Gasteiger partial charge in [0.25, 0.3) is 5.91 Å². The van der Waals surface area contributed by atoms with Crippen LogP contribution in [0.4, 0.5) is 0 Å². The van der Waals surface area contributed by atoms with Crippen molar-refractivity contribution in [2.45, 2.75) is 58.6 Å². The summed E-state index contributed by atoms with van der Waals surface area (Å²) in [6, 6.07) is 0. The van der Waals surface area contributed by atoms with Crippen LogP contribution in [0.2, 0.25) is 0 Å². The number of aromatic nitrogens is 1. The lowest BCUT2D eigenvalue weighted by molar-refractivity contribution is -0.156. The second-order valence-corrected chi connectivity index (χ2v) is 8.02. The van der Waals surface area contributed by atoms with Gasteiger partial charge in [0, 0.05) is 33.5 Å². The number of nitrogens with zero attached hydrogens (tertiary/aromatic N) is 3. The molecule has 2 aliphatic rings. The molecule has 7 nitrogen and oxygen atoms in total. The fourth-order valence-electron chi connectivity index (χ4n) is 4.13. The smallest absolute Gasteiger partial charge is 0.275 e. The Bertz CT molecular complexity index is 674. The average Bonchev–Trinajstić information content (AvgIpc) is 2.98. The molecule has 138 valence electrons. The molecule has 0 bridgehead atoms. The summed E-state index contributed by atoms with van der Waals surface area (Å²) in [6.45, 7) is 8.93. The molecular formula is C18H27N3O4. The number of piperidine rings is 2. The van der Waals surface area contributed by atoms with Gasteiger partial charge in [-0.05, 0) is 38.5 Å². The van der Waals surface area contributed by atoms with Crippen molar-refractivity contribution in [1.82, 2.24) is 14.8 Å². The molecule has 0 unspecified atom stereocenters. The molecule has 7 heteroatoms. The maximum atomic E-state index is 12.5. The SMILES string of the molecule is CC(=O)N1CC2(CCN(C(=O)c3coc(C)n3)CC2)C[C@H](O)C1(C)C. The molecule has 25 heavy (non-hydrogen) atoms. The van der Waals surface area contributed by atoms with Gasteiger partial charge in [-0.2, -0.15) is 0 Å². The second kappa shape index (κ2) is 6.12. The minimum absolute atomic E-state index is 0.0142. The van der Waals surface area contributed by atoms with Crippen LogP contribution in [0.3, 0.4) is 0 Å². The van der Waals surface area contributed by atoms with Crippen LogP contribution in [0.5, 0.6) is 0 Å². The summed E-state index contributed by atoms with van der Waals surface area (Å²) < 4.78 is 5.13. The highest BCUT2D eigenvalue weighted by Crippen LogP contribution is 2.45. The summed E-state index contributed by atoms with van der Waals surface area (Å²) in [6.07, 6.45) is 3.03. The van der Waals surface area contributed by atoms with E-state index in [2.05, 4.69) is 4.98 Å². The molecule has 1 atom stereocenters. The van der Waals surface area contributed by atoms with Crippen LogP contribution < -0.4 is 0 Å². The first kappa shape index (κ1) is 17.9. The number of aliphatic hydroxyl groups is 1. The van der Waals surface area contributed by atoms with E-state index in [1.165, 1.54) is 6.26 Å². The van der Waals surface area contributed by atoms with Gasteiger partial charge in [0.05, 0.1) is 11.6 Å². The zero-order valence-electron chi connectivity index (χ0n) is 15.4. The van der Waals surface area contributed by atoms with Crippen molar-refractivity contribution in [3.63, 3.8) is 0 Å². The van der Waals surface area contributed by atoms with E-state index < -0.39 is 11.6 Å². The first-order valence-corrected chi connectivity index (χ1v) is 8.82. The van der Waals surface area contributed by atoms with Crippen molar-refractivity contribution < 1.29 is 19.1 Å². The summed E-state index contributed by atoms with van der Waals surface area (Å²) in [5.41, 5.74) is -0.344. The van der Waals surface area contributed by atoms with E-state index in [1.807, 2.05) is 13.8 Å². The lowest BCUT2D eigenvalue weighted by atomic mass is 9.67. The number of aryl methyl sites for hydroxylation is 1. The second-order valence-electron chi connectivity index (χ2n) is 8.02. The molecule has 3 heterocycles. The Morgan fingerprint density at radius 3 is 2.48 bits per heavy atom. The quantitative estimate of drug-likeness (QED) is 0.832. The highest BCUT2D eigenvalue weighted by Gasteiger charge is 2.50. The minimum atomic E-state index is -0.564. The number of oxazole rings is 1. The molecule has 2 aliphatic heterocycles. The lowest BCUT2D eigenvalue weighted by Crippen LogP contribution is -2.64. The molecule has 1 spiro atoms. The maximum Gasteiger partial charge on any atom is 0.275 e. The lowest BCUT2D eigenvalue weighted by Gasteiger charge is -2.55. The van der Waals surface area contributed by atoms with Crippen molar-refractivity contribution in [2.24, 2.45) is 5.41 Å². The van der Waals surface area contributed by atoms with Gasteiger partial charge >= 0.3 is 0 Å². The highest BCUT2D eigenvalue weighted by molar-refractivity contribution is 5.92. The number of rotatable bonds is 1. The van der Waals surface area contributed by atoms with Crippen LogP contribution in [0.25, 0.3) is 0 Å². The molecule has 1 aromatic heterocycles. The topological polar surface area (TPSA) is 86.9 Å². The Hall–Kier alpha value is -1.89. The average molecular weight is 349 g/mol. The van der Waals surface area contributed by atoms with Gasteiger partial charge in [-0.25, -0.2) is 4.98 Å². The standard InChI is InChI=1S/C18H27N3O4/c1-12-19-14(10-25-12)16(24)20-7-5-18(6-8-20)9-15(23)17(3,4)21(11-18)13(2)22/h10,15,23H,5-9,11H2,1-4H3/t15-/m0/s1. The third kappa shape index (κ3) is 3.17. The van der Waals surface area contributed by atoms with Crippen molar-refractivity contribution in [1.29, 1.82) is 0 Å². The molecule has 3 rings (SSSR count). The fraction of sp³-hybridized carbons (Fsp3) is 0.722. The van der Waals surface area contributed by atoms with Crippen LogP contribution in [-0.4, -0.2) is 63.0 Å². The minimum Gasteiger partial charge on any atom is -0.448 e. The molecule has 0 radical (unpaired) electrons. The Kier molecular flexibility index (Phi) is 4.39. The fourth-order valence-corrected chi connectivity index (χ4v) is 4.13. The Morgan fingerprint density at radius 2 is 1.96 bits per heavy atom. The predicted octanol–water partition coefficient (Wildman–Crippen LogP) is 1.60. The number of amides is 2. The van der Waals surface area contributed by atoms with Gasteiger partial charge in [0.15, 0.2) is 11.6 Å². The molecule has 2 fully saturated rings. The number of hydrogen-bond donors (Lipinski definition) is 1. The van der Waals surface area contributed by atoms with E-state index in [9.17, 15) is 14.7 Å². The van der Waals surface area contributed by atoms with Crippen LogP contribution in [0.1, 0.15) is 56.4 Å². The monoisotopic (exact) mass is 349 g/mol. The number of carbonyl (C=O) groups excluding carboxylic acids is 2. The summed E-state index contributed by atoms with van der Waals surface area (Å²) in [5.74, 6) is 0.345. The summed E-state index contributed by atoms with van der Waals surface area (Å²) in [7, 11) is 0. The zero-order chi connectivity index (χ0) is 18.4. The third-order valence-corrected chi connectivity index (χ3v) is 5.96. The van der Waals surface area contributed by atoms with Crippen molar-refractivity contribution in [2.75, 3.05) is 19.6 Å². The number of aliphatic hydroxyl groups excluding tert-OH is 1. The summed E-state index contributed by atoms with van der Waals surface area (Å²) in [4.78, 5) is 32.3. The molecular weight excluding hydrogens is 322 g/mol. The molecule has 2 amide bonds. The molecule has 1 aromatic rings. The Morgan fingerprint density at radius 1 is 1.32 bits per heavy atom. The zero-order valence-corrected chi connectivity index (χ0v) is 15.4. The van der Waals surface area contributed by atoms with Crippen molar-refractivity contribution in [3.05, 3.63) is 17.8 Å². The summed E-state index contributed by atoms with van der Waals surface area (Å²) >= 11 is 0. The van der Waals surface area contributed by atoms with E-state index in [1.54, 1.807) is 23.6 Å². The number of hydrogen-bond acceptors (Lipinski definition) is 5. The van der Waals surface area contributed by atoms with E-state index in [0.717, 1.165) is 12.8 Å². The van der Waals surface area contributed by atoms with Crippen LogP contribution in [0.15, 0.2) is 10.7 Å². The van der Waals surface area contributed by atoms with Gasteiger partial charge in [0.1, 0.15) is 6.26 Å². The normalized spacial score (nSPS) is 25.2. The third-order valence-electron chi connectivity index (χ3n) is 5.96. The highest BCUT2D eigenvalue weighted by atomic mass is 16.3. The van der Waals surface area contributed by atoms with Gasteiger partial charge in [-0.1, -0.05) is 0 Å². The van der Waals surface area contributed by atoms with Gasteiger partial charge in [-0.15, -0.1) is 0 Å². The van der Waals surface area contributed by atoms with Crippen LogP contribution >= 0.6 is 0 Å². The van der Waals surface area contributed by atoms with E-state index >= 15 is 0 Å². The number of carbonyl (C=O) groups is 2. The maximum absolute atomic E-state index is 12.5. The van der Waals surface area contributed by atoms with Crippen LogP contribution in [0, 0.1) is 12.3 Å². The van der Waals surface area contributed by atoms with E-state index in [-0.39, 0.29) is 17.2 Å². The Balaban J connectivity index is 1.70. The molecule has 0 aromatic carbocycles. The van der Waals surface area contributed by atoms with Crippen molar-refractivity contribution >= 4 is 11.8 Å². The van der Waals surface area contributed by atoms with E-state index in [0.29, 0.717) is 37.6 Å². The molecule has 1 N–H and O–H groups in total. The summed E-state index contributed by atoms with van der Waals surface area (Å²) in [5, 5.41) is 10.6. The van der Waals surface area contributed by atoms with E-state index in [4.69, 9.17) is 4.42 Å². The predicted molar refractivity (Wildman–Crippen MR) is 90.9 cm³/mol. The van der Waals surface area contributed by atoms with Crippen molar-refractivity contribution in [3.8, 4) is 0 Å². The molecule has 2 saturated heterocycles. The first-order valence-electron chi connectivity index (χ1n) is 8.82. The first-order chi connectivity index (χ1) is 11.6. The largest absolute Gasteiger partial charge is 0.448 e. The Labute approximate surface area is 148 Å². The number of likely N-dealkylation sites (tertiary alicyclic amines) is 2.